The molecule has 0 heterocycles. The molecule has 0 radical (unpaired) electrons. The summed E-state index contributed by atoms with van der Waals surface area (Å²) in [6, 6.07) is 10.8. The van der Waals surface area contributed by atoms with Gasteiger partial charge in [0.25, 0.3) is 5.91 Å². The summed E-state index contributed by atoms with van der Waals surface area (Å²) in [7, 11) is 0. The van der Waals surface area contributed by atoms with Crippen LogP contribution in [0.4, 0.5) is 14.5 Å². The second-order valence-corrected chi connectivity index (χ2v) is 4.02. The Morgan fingerprint density at radius 1 is 1.11 bits per heavy atom. The summed E-state index contributed by atoms with van der Waals surface area (Å²) in [6.07, 6.45) is 0. The number of carbonyl (C=O) groups is 1. The van der Waals surface area contributed by atoms with Crippen molar-refractivity contribution < 1.29 is 13.6 Å². The third-order valence-corrected chi connectivity index (χ3v) is 2.63. The number of nitrogens with two attached hydrogens (primary N) is 1. The lowest BCUT2D eigenvalue weighted by Gasteiger charge is -2.08. The van der Waals surface area contributed by atoms with Crippen molar-refractivity contribution in [3.8, 4) is 0 Å². The van der Waals surface area contributed by atoms with Gasteiger partial charge >= 0.3 is 0 Å². The van der Waals surface area contributed by atoms with E-state index in [2.05, 4.69) is 5.32 Å². The third kappa shape index (κ3) is 3.07. The number of benzene rings is 2. The van der Waals surface area contributed by atoms with Gasteiger partial charge in [-0.05, 0) is 11.6 Å². The molecule has 19 heavy (non-hydrogen) atoms. The first-order chi connectivity index (χ1) is 9.08. The fourth-order valence-electron chi connectivity index (χ4n) is 1.63. The molecule has 0 aliphatic rings. The average Bonchev–Trinajstić information content (AvgIpc) is 2.41. The maximum atomic E-state index is 13.1. The molecule has 0 aliphatic carbocycles. The number of halogens is 2. The van der Waals surface area contributed by atoms with Gasteiger partial charge in [0, 0.05) is 18.3 Å². The van der Waals surface area contributed by atoms with Gasteiger partial charge in [-0.3, -0.25) is 4.79 Å². The zero-order chi connectivity index (χ0) is 13.8. The van der Waals surface area contributed by atoms with E-state index in [1.165, 1.54) is 0 Å². The number of hydrogen-bond acceptors (Lipinski definition) is 2. The Hall–Kier alpha value is -2.43. The normalized spacial score (nSPS) is 10.2. The highest BCUT2D eigenvalue weighted by molar-refractivity contribution is 5.99. The molecule has 5 heteroatoms. The quantitative estimate of drug-likeness (QED) is 0.835. The summed E-state index contributed by atoms with van der Waals surface area (Å²) in [6.45, 7) is 0.290. The molecule has 0 aromatic heterocycles. The van der Waals surface area contributed by atoms with E-state index in [9.17, 15) is 13.6 Å². The molecular formula is C14H12F2N2O. The predicted octanol–water partition coefficient (Wildman–Crippen LogP) is 2.48. The van der Waals surface area contributed by atoms with E-state index in [0.717, 1.165) is 17.7 Å². The first-order valence-electron chi connectivity index (χ1n) is 5.64. The van der Waals surface area contributed by atoms with Crippen LogP contribution in [0.3, 0.4) is 0 Å². The molecular weight excluding hydrogens is 250 g/mol. The first-order valence-corrected chi connectivity index (χ1v) is 5.64. The van der Waals surface area contributed by atoms with Crippen molar-refractivity contribution in [2.24, 2.45) is 0 Å². The summed E-state index contributed by atoms with van der Waals surface area (Å²) in [5.74, 6) is -2.71. The predicted molar refractivity (Wildman–Crippen MR) is 68.4 cm³/mol. The number of amides is 1. The van der Waals surface area contributed by atoms with Gasteiger partial charge in [-0.1, -0.05) is 30.3 Å². The lowest BCUT2D eigenvalue weighted by atomic mass is 10.1. The fraction of sp³-hybridized carbons (Fsp3) is 0.0714. The van der Waals surface area contributed by atoms with Crippen LogP contribution >= 0.6 is 0 Å². The minimum atomic E-state index is -1.10. The van der Waals surface area contributed by atoms with Crippen molar-refractivity contribution in [3.05, 3.63) is 65.2 Å². The van der Waals surface area contributed by atoms with E-state index < -0.39 is 17.5 Å². The van der Waals surface area contributed by atoms with E-state index in [1.54, 1.807) is 0 Å². The van der Waals surface area contributed by atoms with Crippen LogP contribution in [0.25, 0.3) is 0 Å². The number of hydrogen-bond donors (Lipinski definition) is 2. The molecule has 0 aliphatic heterocycles. The zero-order valence-electron chi connectivity index (χ0n) is 9.99. The van der Waals surface area contributed by atoms with E-state index >= 15 is 0 Å². The second kappa shape index (κ2) is 5.48. The van der Waals surface area contributed by atoms with Crippen molar-refractivity contribution in [1.82, 2.24) is 5.32 Å². The summed E-state index contributed by atoms with van der Waals surface area (Å²) in [5, 5.41) is 2.59. The monoisotopic (exact) mass is 262 g/mol. The molecule has 0 unspecified atom stereocenters. The molecule has 2 rings (SSSR count). The third-order valence-electron chi connectivity index (χ3n) is 2.63. The number of nitrogens with one attached hydrogen (secondary N) is 1. The Labute approximate surface area is 109 Å². The smallest absolute Gasteiger partial charge is 0.253 e. The van der Waals surface area contributed by atoms with E-state index in [4.69, 9.17) is 5.73 Å². The highest BCUT2D eigenvalue weighted by Crippen LogP contribution is 2.17. The Morgan fingerprint density at radius 2 is 1.74 bits per heavy atom. The van der Waals surface area contributed by atoms with Gasteiger partial charge in [-0.15, -0.1) is 0 Å². The maximum Gasteiger partial charge on any atom is 0.253 e. The molecule has 0 saturated carbocycles. The van der Waals surface area contributed by atoms with Crippen LogP contribution in [0.2, 0.25) is 0 Å². The van der Waals surface area contributed by atoms with Gasteiger partial charge in [0.2, 0.25) is 0 Å². The highest BCUT2D eigenvalue weighted by atomic mass is 19.2. The van der Waals surface area contributed by atoms with Crippen molar-refractivity contribution in [2.75, 3.05) is 5.73 Å². The van der Waals surface area contributed by atoms with E-state index in [1.807, 2.05) is 30.3 Å². The SMILES string of the molecule is Nc1cc(F)c(F)cc1C(=O)NCc1ccccc1. The number of nitrogen functional groups attached to an aromatic ring is 1. The maximum absolute atomic E-state index is 13.1. The van der Waals surface area contributed by atoms with Gasteiger partial charge in [0.1, 0.15) is 0 Å². The largest absolute Gasteiger partial charge is 0.398 e. The van der Waals surface area contributed by atoms with Crippen LogP contribution in [0.15, 0.2) is 42.5 Å². The topological polar surface area (TPSA) is 55.1 Å². The molecule has 3 nitrogen and oxygen atoms in total. The van der Waals surface area contributed by atoms with Crippen LogP contribution < -0.4 is 11.1 Å². The van der Waals surface area contributed by atoms with E-state index in [-0.39, 0.29) is 17.8 Å². The Kier molecular flexibility index (Phi) is 3.75. The van der Waals surface area contributed by atoms with Gasteiger partial charge in [-0.2, -0.15) is 0 Å². The van der Waals surface area contributed by atoms with Gasteiger partial charge in [-0.25, -0.2) is 8.78 Å². The zero-order valence-corrected chi connectivity index (χ0v) is 9.99. The molecule has 1 amide bonds. The molecule has 2 aromatic rings. The second-order valence-electron chi connectivity index (χ2n) is 4.02. The molecule has 98 valence electrons. The molecule has 0 saturated heterocycles. The highest BCUT2D eigenvalue weighted by Gasteiger charge is 2.13. The number of rotatable bonds is 3. The summed E-state index contributed by atoms with van der Waals surface area (Å²) in [5.41, 5.74) is 6.23. The van der Waals surface area contributed by atoms with Crippen molar-refractivity contribution in [2.45, 2.75) is 6.54 Å². The number of carbonyl (C=O) groups excluding carboxylic acids is 1. The summed E-state index contributed by atoms with van der Waals surface area (Å²) < 4.78 is 26.0. The Balaban J connectivity index is 2.10. The summed E-state index contributed by atoms with van der Waals surface area (Å²) >= 11 is 0. The van der Waals surface area contributed by atoms with Crippen LogP contribution in [-0.4, -0.2) is 5.91 Å². The van der Waals surface area contributed by atoms with Crippen LogP contribution in [0, 0.1) is 11.6 Å². The number of anilines is 1. The van der Waals surface area contributed by atoms with E-state index in [0.29, 0.717) is 0 Å². The molecule has 0 atom stereocenters. The molecule has 3 N–H and O–H groups in total. The Bertz CT molecular complexity index is 600. The molecule has 2 aromatic carbocycles. The first kappa shape index (κ1) is 13.0. The summed E-state index contributed by atoms with van der Waals surface area (Å²) in [4.78, 5) is 11.8. The minimum Gasteiger partial charge on any atom is -0.398 e. The van der Waals surface area contributed by atoms with Gasteiger partial charge in [0.15, 0.2) is 11.6 Å². The van der Waals surface area contributed by atoms with Gasteiger partial charge < -0.3 is 11.1 Å². The van der Waals surface area contributed by atoms with Crippen LogP contribution in [0.5, 0.6) is 0 Å². The lowest BCUT2D eigenvalue weighted by Crippen LogP contribution is -2.24. The minimum absolute atomic E-state index is 0.0742. The van der Waals surface area contributed by atoms with Crippen LogP contribution in [-0.2, 0) is 6.54 Å². The standard InChI is InChI=1S/C14H12F2N2O/c15-11-6-10(13(17)7-12(11)16)14(19)18-8-9-4-2-1-3-5-9/h1-7H,8,17H2,(H,18,19). The Morgan fingerprint density at radius 3 is 2.42 bits per heavy atom. The lowest BCUT2D eigenvalue weighted by molar-refractivity contribution is 0.0951. The molecule has 0 fully saturated rings. The van der Waals surface area contributed by atoms with Crippen molar-refractivity contribution >= 4 is 11.6 Å². The van der Waals surface area contributed by atoms with Gasteiger partial charge in [0.05, 0.1) is 5.56 Å². The fourth-order valence-corrected chi connectivity index (χ4v) is 1.63. The van der Waals surface area contributed by atoms with Crippen molar-refractivity contribution in [1.29, 1.82) is 0 Å². The van der Waals surface area contributed by atoms with Crippen molar-refractivity contribution in [3.63, 3.8) is 0 Å². The van der Waals surface area contributed by atoms with Crippen LogP contribution in [0.1, 0.15) is 15.9 Å². The average molecular weight is 262 g/mol. The molecule has 0 spiro atoms. The molecule has 0 bridgehead atoms.